The fourth-order valence-corrected chi connectivity index (χ4v) is 13.5. The van der Waals surface area contributed by atoms with Crippen LogP contribution in [0.5, 0.6) is 0 Å². The van der Waals surface area contributed by atoms with Gasteiger partial charge in [-0.15, -0.1) is 0 Å². The van der Waals surface area contributed by atoms with Gasteiger partial charge in [0.15, 0.2) is 11.6 Å². The summed E-state index contributed by atoms with van der Waals surface area (Å²) in [6.45, 7) is 0. The molecule has 0 radical (unpaired) electrons. The third kappa shape index (κ3) is 10.3. The molecule has 94 heavy (non-hydrogen) atoms. The highest BCUT2D eigenvalue weighted by Crippen LogP contribution is 2.43. The van der Waals surface area contributed by atoms with Crippen molar-refractivity contribution in [1.29, 1.82) is 0 Å². The van der Waals surface area contributed by atoms with Crippen LogP contribution in [0.2, 0.25) is 0 Å². The standard InChI is InChI=1S/C87H59N7/c1-6-23-60(24-7-1)63-25-20-26-64(55-63)65-27-21-28-68(56-65)85-88-86(90-87(89-85)92(71-32-10-3-11-33-71)75-51-45-62(46-52-75)67-48-54-84-80(59-67)78-40-17-19-42-82(78)94(84)73-36-14-5-15-37-73)69-29-22-38-76(57-69)91(70-30-8-2-9-31-70)74-49-43-61(44-50-74)66-47-53-83-79(58-66)77-39-16-18-41-81(77)93(83)72-34-12-4-13-35-72/h1-59H. The predicted molar refractivity (Wildman–Crippen MR) is 390 cm³/mol. The maximum Gasteiger partial charge on any atom is 0.238 e. The number of anilines is 6. The lowest BCUT2D eigenvalue weighted by atomic mass is 9.98. The molecule has 14 aromatic carbocycles. The van der Waals surface area contributed by atoms with Gasteiger partial charge in [-0.3, -0.25) is 4.90 Å². The zero-order chi connectivity index (χ0) is 62.3. The van der Waals surface area contributed by atoms with Gasteiger partial charge >= 0.3 is 0 Å². The van der Waals surface area contributed by atoms with Crippen molar-refractivity contribution in [2.75, 3.05) is 9.80 Å². The minimum atomic E-state index is 0.481. The summed E-state index contributed by atoms with van der Waals surface area (Å²) < 4.78 is 4.72. The fourth-order valence-electron chi connectivity index (χ4n) is 13.5. The number of aromatic nitrogens is 5. The van der Waals surface area contributed by atoms with Crippen molar-refractivity contribution >= 4 is 78.0 Å². The largest absolute Gasteiger partial charge is 0.310 e. The van der Waals surface area contributed by atoms with E-state index in [-0.39, 0.29) is 0 Å². The molecule has 0 bridgehead atoms. The number of nitrogens with zero attached hydrogens (tertiary/aromatic N) is 7. The number of benzene rings is 14. The molecule has 7 heteroatoms. The van der Waals surface area contributed by atoms with Crippen LogP contribution < -0.4 is 9.80 Å². The fraction of sp³-hybridized carbons (Fsp3) is 0. The summed E-state index contributed by atoms with van der Waals surface area (Å²) in [7, 11) is 0. The van der Waals surface area contributed by atoms with E-state index < -0.39 is 0 Å². The van der Waals surface area contributed by atoms with E-state index in [2.05, 4.69) is 371 Å². The van der Waals surface area contributed by atoms with Gasteiger partial charge in [0.25, 0.3) is 0 Å². The number of rotatable bonds is 14. The highest BCUT2D eigenvalue weighted by molar-refractivity contribution is 6.12. The summed E-state index contributed by atoms with van der Waals surface area (Å²) in [6, 6.07) is 127. The average molecular weight is 1200 g/mol. The first kappa shape index (κ1) is 55.4. The quantitative estimate of drug-likeness (QED) is 0.109. The first-order valence-electron chi connectivity index (χ1n) is 31.8. The van der Waals surface area contributed by atoms with E-state index in [1.165, 1.54) is 38.1 Å². The topological polar surface area (TPSA) is 55.0 Å². The Morgan fingerprint density at radius 2 is 0.511 bits per heavy atom. The first-order chi connectivity index (χ1) is 46.6. The van der Waals surface area contributed by atoms with Crippen LogP contribution in [0.3, 0.4) is 0 Å². The number of hydrogen-bond acceptors (Lipinski definition) is 5. The van der Waals surface area contributed by atoms with Gasteiger partial charge in [-0.2, -0.15) is 9.97 Å². The van der Waals surface area contributed by atoms with Crippen molar-refractivity contribution < 1.29 is 0 Å². The molecule has 0 saturated carbocycles. The molecule has 0 saturated heterocycles. The molecule has 17 aromatic rings. The van der Waals surface area contributed by atoms with E-state index in [1.807, 2.05) is 6.07 Å². The Morgan fingerprint density at radius 1 is 0.191 bits per heavy atom. The second-order valence-corrected chi connectivity index (χ2v) is 23.6. The van der Waals surface area contributed by atoms with Gasteiger partial charge < -0.3 is 14.0 Å². The van der Waals surface area contributed by atoms with Crippen molar-refractivity contribution in [3.05, 3.63) is 358 Å². The Kier molecular flexibility index (Phi) is 14.1. The summed E-state index contributed by atoms with van der Waals surface area (Å²) >= 11 is 0. The van der Waals surface area contributed by atoms with E-state index in [1.54, 1.807) is 0 Å². The van der Waals surface area contributed by atoms with Crippen molar-refractivity contribution in [3.8, 4) is 78.7 Å². The summed E-state index contributed by atoms with van der Waals surface area (Å²) in [5, 5.41) is 4.86. The third-order valence-corrected chi connectivity index (χ3v) is 17.9. The lowest BCUT2D eigenvalue weighted by Crippen LogP contribution is -2.15. The smallest absolute Gasteiger partial charge is 0.238 e. The van der Waals surface area contributed by atoms with Gasteiger partial charge in [0.2, 0.25) is 5.95 Å². The molecule has 17 rings (SSSR count). The van der Waals surface area contributed by atoms with E-state index >= 15 is 0 Å². The molecule has 442 valence electrons. The molecular weight excluding hydrogens is 1140 g/mol. The lowest BCUT2D eigenvalue weighted by molar-refractivity contribution is 1.02. The Hall–Kier alpha value is -12.7. The first-order valence-corrected chi connectivity index (χ1v) is 31.8. The van der Waals surface area contributed by atoms with Gasteiger partial charge in [0, 0.05) is 72.5 Å². The SMILES string of the molecule is c1ccc(-c2cccc(-c3cccc(-c4nc(-c5cccc(N(c6ccccc6)c6ccc(-c7ccc8c(c7)c7ccccc7n8-c7ccccc7)cc6)c5)nc(N(c5ccccc5)c5ccc(-c6ccc7c(c6)c6ccccc6n7-c6ccccc6)cc5)n4)c3)c2)cc1. The van der Waals surface area contributed by atoms with Crippen LogP contribution in [0.15, 0.2) is 358 Å². The molecule has 0 aliphatic rings. The summed E-state index contributed by atoms with van der Waals surface area (Å²) in [4.78, 5) is 20.9. The average Bonchev–Trinajstić information content (AvgIpc) is 1.57. The minimum Gasteiger partial charge on any atom is -0.310 e. The number of hydrogen-bond donors (Lipinski definition) is 0. The van der Waals surface area contributed by atoms with Crippen LogP contribution >= 0.6 is 0 Å². The molecule has 0 N–H and O–H groups in total. The highest BCUT2D eigenvalue weighted by Gasteiger charge is 2.23. The maximum absolute atomic E-state index is 5.51. The van der Waals surface area contributed by atoms with Crippen LogP contribution in [0, 0.1) is 0 Å². The number of para-hydroxylation sites is 6. The normalized spacial score (nSPS) is 11.4. The second kappa shape index (κ2) is 23.9. The van der Waals surface area contributed by atoms with Crippen LogP contribution in [0.25, 0.3) is 122 Å². The molecule has 0 aliphatic carbocycles. The van der Waals surface area contributed by atoms with Crippen LogP contribution in [0.4, 0.5) is 34.4 Å². The molecule has 3 heterocycles. The van der Waals surface area contributed by atoms with Crippen molar-refractivity contribution in [1.82, 2.24) is 24.1 Å². The molecule has 7 nitrogen and oxygen atoms in total. The number of fused-ring (bicyclic) bond motifs is 6. The second-order valence-electron chi connectivity index (χ2n) is 23.6. The Labute approximate surface area is 545 Å². The Morgan fingerprint density at radius 3 is 1.02 bits per heavy atom. The van der Waals surface area contributed by atoms with Gasteiger partial charge in [0.1, 0.15) is 0 Å². The van der Waals surface area contributed by atoms with Crippen LogP contribution in [0.1, 0.15) is 0 Å². The summed E-state index contributed by atoms with van der Waals surface area (Å²) in [5.41, 5.74) is 22.4. The summed E-state index contributed by atoms with van der Waals surface area (Å²) in [6.07, 6.45) is 0. The van der Waals surface area contributed by atoms with Gasteiger partial charge in [-0.1, -0.05) is 224 Å². The molecule has 0 amide bonds. The van der Waals surface area contributed by atoms with Gasteiger partial charge in [-0.05, 0) is 178 Å². The monoisotopic (exact) mass is 1200 g/mol. The van der Waals surface area contributed by atoms with Gasteiger partial charge in [-0.25, -0.2) is 4.98 Å². The van der Waals surface area contributed by atoms with E-state index in [4.69, 9.17) is 15.0 Å². The van der Waals surface area contributed by atoms with E-state index in [9.17, 15) is 0 Å². The molecule has 0 fully saturated rings. The maximum atomic E-state index is 5.51. The van der Waals surface area contributed by atoms with E-state index in [0.717, 1.165) is 101 Å². The van der Waals surface area contributed by atoms with Gasteiger partial charge in [0.05, 0.1) is 22.1 Å². The third-order valence-electron chi connectivity index (χ3n) is 17.9. The lowest BCUT2D eigenvalue weighted by Gasteiger charge is -2.26. The highest BCUT2D eigenvalue weighted by atomic mass is 15.3. The molecule has 0 spiro atoms. The molecular formula is C87H59N7. The molecule has 0 aliphatic heterocycles. The zero-order valence-electron chi connectivity index (χ0n) is 51.2. The molecule has 0 unspecified atom stereocenters. The minimum absolute atomic E-state index is 0.481. The molecule has 0 atom stereocenters. The van der Waals surface area contributed by atoms with Crippen molar-refractivity contribution in [3.63, 3.8) is 0 Å². The van der Waals surface area contributed by atoms with Crippen molar-refractivity contribution in [2.45, 2.75) is 0 Å². The summed E-state index contributed by atoms with van der Waals surface area (Å²) in [5.74, 6) is 1.56. The van der Waals surface area contributed by atoms with E-state index in [0.29, 0.717) is 17.6 Å². The predicted octanol–water partition coefficient (Wildman–Crippen LogP) is 23.0. The Balaban J connectivity index is 0.772. The molecule has 3 aromatic heterocycles. The zero-order valence-corrected chi connectivity index (χ0v) is 51.2. The van der Waals surface area contributed by atoms with Crippen molar-refractivity contribution in [2.24, 2.45) is 0 Å². The van der Waals surface area contributed by atoms with Crippen LogP contribution in [-0.2, 0) is 0 Å². The van der Waals surface area contributed by atoms with Crippen LogP contribution in [-0.4, -0.2) is 24.1 Å². The Bertz CT molecular complexity index is 5590.